The second kappa shape index (κ2) is 9.07. The van der Waals surface area contributed by atoms with Crippen molar-refractivity contribution in [1.29, 1.82) is 0 Å². The predicted molar refractivity (Wildman–Crippen MR) is 108 cm³/mol. The molecule has 28 heavy (non-hydrogen) atoms. The van der Waals surface area contributed by atoms with E-state index < -0.39 is 16.1 Å². The summed E-state index contributed by atoms with van der Waals surface area (Å²) in [5.41, 5.74) is 0.644. The molecule has 0 spiro atoms. The molecule has 1 atom stereocenters. The van der Waals surface area contributed by atoms with Gasteiger partial charge < -0.3 is 9.80 Å². The van der Waals surface area contributed by atoms with Gasteiger partial charge in [0.1, 0.15) is 6.04 Å². The quantitative estimate of drug-likeness (QED) is 0.753. The van der Waals surface area contributed by atoms with Crippen LogP contribution in [0.4, 0.5) is 0 Å². The summed E-state index contributed by atoms with van der Waals surface area (Å²) in [5.74, 6) is -0.422. The number of hydrogen-bond donors (Lipinski definition) is 1. The second-order valence-corrected chi connectivity index (χ2v) is 9.10. The molecule has 1 unspecified atom stereocenters. The van der Waals surface area contributed by atoms with Crippen LogP contribution < -0.4 is 4.72 Å². The Labute approximate surface area is 170 Å². The highest BCUT2D eigenvalue weighted by Gasteiger charge is 2.33. The van der Waals surface area contributed by atoms with Crippen LogP contribution in [0.5, 0.6) is 0 Å². The minimum absolute atomic E-state index is 0.00934. The van der Waals surface area contributed by atoms with Crippen molar-refractivity contribution in [1.82, 2.24) is 14.5 Å². The van der Waals surface area contributed by atoms with E-state index in [-0.39, 0.29) is 18.4 Å². The molecule has 7 nitrogen and oxygen atoms in total. The van der Waals surface area contributed by atoms with Crippen molar-refractivity contribution in [2.24, 2.45) is 0 Å². The Morgan fingerprint density at radius 3 is 2.68 bits per heavy atom. The SMILES string of the molecule is O=C(CN1CCCC(NS(=O)(=O)/C=C/c2cccc(Cl)c2)C1=O)N1CCCC1. The van der Waals surface area contributed by atoms with E-state index in [1.54, 1.807) is 29.2 Å². The maximum atomic E-state index is 12.7. The van der Waals surface area contributed by atoms with E-state index in [9.17, 15) is 18.0 Å². The summed E-state index contributed by atoms with van der Waals surface area (Å²) in [5, 5.41) is 1.54. The number of sulfonamides is 1. The highest BCUT2D eigenvalue weighted by Crippen LogP contribution is 2.16. The van der Waals surface area contributed by atoms with Gasteiger partial charge in [0.15, 0.2) is 0 Å². The number of piperidine rings is 1. The van der Waals surface area contributed by atoms with Crippen molar-refractivity contribution < 1.29 is 18.0 Å². The van der Waals surface area contributed by atoms with Gasteiger partial charge in [0.25, 0.3) is 0 Å². The van der Waals surface area contributed by atoms with E-state index in [2.05, 4.69) is 4.72 Å². The fourth-order valence-corrected chi connectivity index (χ4v) is 4.68. The summed E-state index contributed by atoms with van der Waals surface area (Å²) >= 11 is 5.89. The number of carbonyl (C=O) groups is 2. The highest BCUT2D eigenvalue weighted by atomic mass is 35.5. The zero-order valence-corrected chi connectivity index (χ0v) is 17.1. The predicted octanol–water partition coefficient (Wildman–Crippen LogP) is 1.84. The van der Waals surface area contributed by atoms with Gasteiger partial charge in [-0.1, -0.05) is 23.7 Å². The Hall–Kier alpha value is -1.90. The largest absolute Gasteiger partial charge is 0.341 e. The molecule has 0 aromatic heterocycles. The van der Waals surface area contributed by atoms with Crippen LogP contribution in [-0.2, 0) is 19.6 Å². The summed E-state index contributed by atoms with van der Waals surface area (Å²) in [6.45, 7) is 1.93. The van der Waals surface area contributed by atoms with Crippen LogP contribution in [-0.4, -0.2) is 62.3 Å². The van der Waals surface area contributed by atoms with Crippen LogP contribution in [0.25, 0.3) is 6.08 Å². The van der Waals surface area contributed by atoms with Gasteiger partial charge in [-0.2, -0.15) is 4.72 Å². The van der Waals surface area contributed by atoms with Gasteiger partial charge in [0.05, 0.1) is 6.54 Å². The monoisotopic (exact) mass is 425 g/mol. The van der Waals surface area contributed by atoms with Crippen molar-refractivity contribution in [3.63, 3.8) is 0 Å². The summed E-state index contributed by atoms with van der Waals surface area (Å²) < 4.78 is 27.2. The number of likely N-dealkylation sites (tertiary alicyclic amines) is 2. The molecular weight excluding hydrogens is 402 g/mol. The Morgan fingerprint density at radius 1 is 1.21 bits per heavy atom. The first-order valence-electron chi connectivity index (χ1n) is 9.37. The van der Waals surface area contributed by atoms with Gasteiger partial charge in [0, 0.05) is 30.1 Å². The average Bonchev–Trinajstić information content (AvgIpc) is 3.18. The highest BCUT2D eigenvalue weighted by molar-refractivity contribution is 7.92. The number of nitrogens with one attached hydrogen (secondary N) is 1. The first-order chi connectivity index (χ1) is 13.3. The number of carbonyl (C=O) groups excluding carboxylic acids is 2. The number of benzene rings is 1. The molecule has 1 aromatic rings. The van der Waals surface area contributed by atoms with Crippen LogP contribution in [0.3, 0.4) is 0 Å². The molecule has 1 N–H and O–H groups in total. The molecule has 2 fully saturated rings. The van der Waals surface area contributed by atoms with Crippen LogP contribution >= 0.6 is 11.6 Å². The lowest BCUT2D eigenvalue weighted by molar-refractivity contribution is -0.142. The van der Waals surface area contributed by atoms with Gasteiger partial charge in [-0.25, -0.2) is 8.42 Å². The van der Waals surface area contributed by atoms with Crippen LogP contribution in [0.15, 0.2) is 29.7 Å². The third-order valence-corrected chi connectivity index (χ3v) is 6.25. The van der Waals surface area contributed by atoms with Crippen molar-refractivity contribution in [2.45, 2.75) is 31.7 Å². The third-order valence-electron chi connectivity index (χ3n) is 4.91. The van der Waals surface area contributed by atoms with Gasteiger partial charge >= 0.3 is 0 Å². The molecule has 2 aliphatic heterocycles. The van der Waals surface area contributed by atoms with E-state index >= 15 is 0 Å². The molecule has 2 saturated heterocycles. The van der Waals surface area contributed by atoms with E-state index in [1.165, 1.54) is 11.0 Å². The normalized spacial score (nSPS) is 20.9. The van der Waals surface area contributed by atoms with Gasteiger partial charge in [-0.05, 0) is 49.5 Å². The van der Waals surface area contributed by atoms with Crippen molar-refractivity contribution in [2.75, 3.05) is 26.2 Å². The second-order valence-electron chi connectivity index (χ2n) is 7.06. The first-order valence-corrected chi connectivity index (χ1v) is 11.3. The van der Waals surface area contributed by atoms with Gasteiger partial charge in [-0.15, -0.1) is 0 Å². The number of halogens is 1. The van der Waals surface area contributed by atoms with E-state index in [0.29, 0.717) is 30.0 Å². The Balaban J connectivity index is 1.60. The lowest BCUT2D eigenvalue weighted by Gasteiger charge is -2.32. The number of nitrogens with zero attached hydrogens (tertiary/aromatic N) is 2. The third kappa shape index (κ3) is 5.56. The lowest BCUT2D eigenvalue weighted by Crippen LogP contribution is -2.54. The Kier molecular flexibility index (Phi) is 6.74. The summed E-state index contributed by atoms with van der Waals surface area (Å²) in [7, 11) is -3.81. The molecule has 3 rings (SSSR count). The van der Waals surface area contributed by atoms with E-state index in [0.717, 1.165) is 31.3 Å². The molecule has 0 aliphatic carbocycles. The van der Waals surface area contributed by atoms with Crippen molar-refractivity contribution in [3.05, 3.63) is 40.3 Å². The van der Waals surface area contributed by atoms with Gasteiger partial charge in [-0.3, -0.25) is 9.59 Å². The van der Waals surface area contributed by atoms with Crippen LogP contribution in [0.2, 0.25) is 5.02 Å². The molecule has 9 heteroatoms. The molecule has 2 heterocycles. The topological polar surface area (TPSA) is 86.8 Å². The fourth-order valence-electron chi connectivity index (χ4n) is 3.45. The summed E-state index contributed by atoms with van der Waals surface area (Å²) in [4.78, 5) is 28.2. The van der Waals surface area contributed by atoms with Crippen LogP contribution in [0.1, 0.15) is 31.2 Å². The first kappa shape index (κ1) is 20.8. The molecule has 2 amide bonds. The molecule has 0 saturated carbocycles. The number of hydrogen-bond acceptors (Lipinski definition) is 4. The van der Waals surface area contributed by atoms with E-state index in [1.807, 2.05) is 0 Å². The summed E-state index contributed by atoms with van der Waals surface area (Å²) in [6.07, 6.45) is 4.46. The smallest absolute Gasteiger partial charge is 0.242 e. The molecular formula is C19H24ClN3O4S. The minimum Gasteiger partial charge on any atom is -0.341 e. The van der Waals surface area contributed by atoms with Crippen LogP contribution in [0, 0.1) is 0 Å². The maximum absolute atomic E-state index is 12.7. The maximum Gasteiger partial charge on any atom is 0.242 e. The summed E-state index contributed by atoms with van der Waals surface area (Å²) in [6, 6.07) is 5.95. The minimum atomic E-state index is -3.81. The molecule has 0 bridgehead atoms. The average molecular weight is 426 g/mol. The fraction of sp³-hybridized carbons (Fsp3) is 0.474. The van der Waals surface area contributed by atoms with E-state index in [4.69, 9.17) is 11.6 Å². The van der Waals surface area contributed by atoms with Crippen molar-refractivity contribution in [3.8, 4) is 0 Å². The number of rotatable bonds is 6. The lowest BCUT2D eigenvalue weighted by atomic mass is 10.1. The Bertz CT molecular complexity index is 866. The van der Waals surface area contributed by atoms with Crippen molar-refractivity contribution >= 4 is 39.5 Å². The zero-order chi connectivity index (χ0) is 20.1. The molecule has 2 aliphatic rings. The Morgan fingerprint density at radius 2 is 1.96 bits per heavy atom. The molecule has 1 aromatic carbocycles. The zero-order valence-electron chi connectivity index (χ0n) is 15.5. The van der Waals surface area contributed by atoms with Gasteiger partial charge in [0.2, 0.25) is 21.8 Å². The molecule has 0 radical (unpaired) electrons. The number of amides is 2. The molecule has 152 valence electrons. The standard InChI is InChI=1S/C19H24ClN3O4S/c20-16-6-3-5-15(13-16)8-12-28(26,27)21-17-7-4-11-23(19(17)25)14-18(24)22-9-1-2-10-22/h3,5-6,8,12-13,17,21H,1-2,4,7,9-11,14H2/b12-8+.